The van der Waals surface area contributed by atoms with Crippen molar-refractivity contribution in [1.82, 2.24) is 9.88 Å². The smallest absolute Gasteiger partial charge is 0.240 e. The number of hydrogen-bond acceptors (Lipinski definition) is 2. The molecule has 18 heavy (non-hydrogen) atoms. The molecule has 0 fully saturated rings. The average molecular weight is 241 g/mol. The zero-order valence-electron chi connectivity index (χ0n) is 10.5. The maximum atomic E-state index is 11.7. The number of nitrogens with one attached hydrogen (secondary N) is 1. The van der Waals surface area contributed by atoms with Crippen LogP contribution in [0.4, 0.5) is 0 Å². The first kappa shape index (κ1) is 12.2. The molecule has 1 aromatic heterocycles. The Balaban J connectivity index is 2.31. The molecule has 1 heterocycles. The van der Waals surface area contributed by atoms with E-state index in [1.807, 2.05) is 42.8 Å². The Morgan fingerprint density at radius 2 is 2.22 bits per heavy atom. The van der Waals surface area contributed by atoms with Crippen molar-refractivity contribution in [3.63, 3.8) is 0 Å². The van der Waals surface area contributed by atoms with Crippen LogP contribution in [0.15, 0.2) is 30.5 Å². The highest BCUT2D eigenvalue weighted by Gasteiger charge is 2.08. The number of aromatic nitrogens is 1. The zero-order valence-corrected chi connectivity index (χ0v) is 10.5. The van der Waals surface area contributed by atoms with E-state index in [2.05, 4.69) is 11.4 Å². The highest BCUT2D eigenvalue weighted by Crippen LogP contribution is 2.19. The maximum Gasteiger partial charge on any atom is 0.240 e. The summed E-state index contributed by atoms with van der Waals surface area (Å²) in [6, 6.07) is 9.69. The molecule has 0 unspecified atom stereocenters. The van der Waals surface area contributed by atoms with Crippen molar-refractivity contribution in [1.29, 1.82) is 5.26 Å². The van der Waals surface area contributed by atoms with Gasteiger partial charge in [-0.25, -0.2) is 0 Å². The Labute approximate surface area is 106 Å². The lowest BCUT2D eigenvalue weighted by Crippen LogP contribution is -2.32. The number of fused-ring (bicyclic) bond motifs is 1. The standard InChI is InChI=1S/C14H15N3O/c1-10(2)16-14(18)9-17-7-6-12-11(8-15)4-3-5-13(12)17/h3-7,10H,9H2,1-2H3,(H,16,18). The summed E-state index contributed by atoms with van der Waals surface area (Å²) in [5.41, 5.74) is 1.54. The summed E-state index contributed by atoms with van der Waals surface area (Å²) in [5, 5.41) is 12.7. The molecule has 2 rings (SSSR count). The second-order valence-electron chi connectivity index (χ2n) is 4.52. The van der Waals surface area contributed by atoms with E-state index in [0.29, 0.717) is 5.56 Å². The van der Waals surface area contributed by atoms with Crippen molar-refractivity contribution in [2.75, 3.05) is 0 Å². The predicted molar refractivity (Wildman–Crippen MR) is 69.9 cm³/mol. The van der Waals surface area contributed by atoms with Gasteiger partial charge in [0, 0.05) is 23.1 Å². The summed E-state index contributed by atoms with van der Waals surface area (Å²) < 4.78 is 1.86. The number of carbonyl (C=O) groups is 1. The number of nitrogens with zero attached hydrogens (tertiary/aromatic N) is 2. The Morgan fingerprint density at radius 3 is 2.89 bits per heavy atom. The average Bonchev–Trinajstić information content (AvgIpc) is 2.71. The van der Waals surface area contributed by atoms with Crippen LogP contribution in [0.3, 0.4) is 0 Å². The van der Waals surface area contributed by atoms with E-state index in [1.54, 1.807) is 6.07 Å². The monoisotopic (exact) mass is 241 g/mol. The van der Waals surface area contributed by atoms with Crippen LogP contribution in [0, 0.1) is 11.3 Å². The molecule has 0 bridgehead atoms. The van der Waals surface area contributed by atoms with Crippen molar-refractivity contribution in [3.05, 3.63) is 36.0 Å². The van der Waals surface area contributed by atoms with Gasteiger partial charge in [-0.1, -0.05) is 6.07 Å². The van der Waals surface area contributed by atoms with Crippen LogP contribution in [-0.2, 0) is 11.3 Å². The first-order valence-corrected chi connectivity index (χ1v) is 5.89. The lowest BCUT2D eigenvalue weighted by Gasteiger charge is -2.09. The minimum atomic E-state index is -0.0233. The van der Waals surface area contributed by atoms with Gasteiger partial charge >= 0.3 is 0 Å². The molecule has 0 saturated carbocycles. The number of benzene rings is 1. The number of nitriles is 1. The molecule has 0 radical (unpaired) electrons. The van der Waals surface area contributed by atoms with Crippen molar-refractivity contribution >= 4 is 16.8 Å². The van der Waals surface area contributed by atoms with Gasteiger partial charge < -0.3 is 9.88 Å². The minimum absolute atomic E-state index is 0.0233. The molecule has 0 aliphatic carbocycles. The van der Waals surface area contributed by atoms with Gasteiger partial charge in [-0.3, -0.25) is 4.79 Å². The maximum absolute atomic E-state index is 11.7. The van der Waals surface area contributed by atoms with Gasteiger partial charge in [0.25, 0.3) is 0 Å². The van der Waals surface area contributed by atoms with Gasteiger partial charge in [-0.2, -0.15) is 5.26 Å². The van der Waals surface area contributed by atoms with Gasteiger partial charge in [0.05, 0.1) is 11.6 Å². The summed E-state index contributed by atoms with van der Waals surface area (Å²) in [7, 11) is 0. The molecule has 1 N–H and O–H groups in total. The largest absolute Gasteiger partial charge is 0.352 e. The molecule has 92 valence electrons. The van der Waals surface area contributed by atoms with Crippen LogP contribution in [0.2, 0.25) is 0 Å². The number of rotatable bonds is 3. The molecule has 0 aliphatic rings. The summed E-state index contributed by atoms with van der Waals surface area (Å²) in [6.45, 7) is 4.13. The van der Waals surface area contributed by atoms with Crippen LogP contribution in [0.5, 0.6) is 0 Å². The molecule has 4 nitrogen and oxygen atoms in total. The Morgan fingerprint density at radius 1 is 1.44 bits per heavy atom. The van der Waals surface area contributed by atoms with Crippen LogP contribution in [0.1, 0.15) is 19.4 Å². The van der Waals surface area contributed by atoms with Gasteiger partial charge in [-0.05, 0) is 32.0 Å². The molecule has 2 aromatic rings. The predicted octanol–water partition coefficient (Wildman–Crippen LogP) is 2.04. The van der Waals surface area contributed by atoms with E-state index in [-0.39, 0.29) is 18.5 Å². The van der Waals surface area contributed by atoms with E-state index in [0.717, 1.165) is 10.9 Å². The van der Waals surface area contributed by atoms with Gasteiger partial charge in [0.15, 0.2) is 0 Å². The molecular formula is C14H15N3O. The zero-order chi connectivity index (χ0) is 13.1. The molecular weight excluding hydrogens is 226 g/mol. The SMILES string of the molecule is CC(C)NC(=O)Cn1ccc2c(C#N)cccc21. The molecule has 0 aliphatic heterocycles. The van der Waals surface area contributed by atoms with E-state index in [1.165, 1.54) is 0 Å². The van der Waals surface area contributed by atoms with Crippen molar-refractivity contribution in [3.8, 4) is 6.07 Å². The van der Waals surface area contributed by atoms with Crippen LogP contribution in [-0.4, -0.2) is 16.5 Å². The van der Waals surface area contributed by atoms with E-state index >= 15 is 0 Å². The second kappa shape index (κ2) is 4.92. The fraction of sp³-hybridized carbons (Fsp3) is 0.286. The quantitative estimate of drug-likeness (QED) is 0.894. The Hall–Kier alpha value is -2.28. The molecule has 1 aromatic carbocycles. The summed E-state index contributed by atoms with van der Waals surface area (Å²) in [4.78, 5) is 11.7. The molecule has 0 saturated heterocycles. The Bertz CT molecular complexity index is 619. The third-order valence-electron chi connectivity index (χ3n) is 2.70. The van der Waals surface area contributed by atoms with Crippen LogP contribution < -0.4 is 5.32 Å². The number of hydrogen-bond donors (Lipinski definition) is 1. The first-order chi connectivity index (χ1) is 8.61. The highest BCUT2D eigenvalue weighted by atomic mass is 16.2. The van der Waals surface area contributed by atoms with Gasteiger partial charge in [0.2, 0.25) is 5.91 Å². The van der Waals surface area contributed by atoms with Crippen LogP contribution in [0.25, 0.3) is 10.9 Å². The van der Waals surface area contributed by atoms with Crippen molar-refractivity contribution in [2.45, 2.75) is 26.4 Å². The summed E-state index contributed by atoms with van der Waals surface area (Å²) in [5.74, 6) is -0.0233. The second-order valence-corrected chi connectivity index (χ2v) is 4.52. The summed E-state index contributed by atoms with van der Waals surface area (Å²) in [6.07, 6.45) is 1.84. The fourth-order valence-electron chi connectivity index (χ4n) is 1.98. The van der Waals surface area contributed by atoms with E-state index in [9.17, 15) is 4.79 Å². The van der Waals surface area contributed by atoms with Crippen molar-refractivity contribution < 1.29 is 4.79 Å². The minimum Gasteiger partial charge on any atom is -0.352 e. The molecule has 0 atom stereocenters. The number of carbonyl (C=O) groups excluding carboxylic acids is 1. The normalized spacial score (nSPS) is 10.6. The topological polar surface area (TPSA) is 57.8 Å². The molecule has 4 heteroatoms. The third-order valence-corrected chi connectivity index (χ3v) is 2.70. The molecule has 0 spiro atoms. The van der Waals surface area contributed by atoms with E-state index in [4.69, 9.17) is 5.26 Å². The first-order valence-electron chi connectivity index (χ1n) is 5.89. The lowest BCUT2D eigenvalue weighted by atomic mass is 10.1. The lowest BCUT2D eigenvalue weighted by molar-refractivity contribution is -0.122. The number of amides is 1. The third kappa shape index (κ3) is 2.35. The Kier molecular flexibility index (Phi) is 3.33. The van der Waals surface area contributed by atoms with Crippen LogP contribution >= 0.6 is 0 Å². The fourth-order valence-corrected chi connectivity index (χ4v) is 1.98. The van der Waals surface area contributed by atoms with Crippen molar-refractivity contribution in [2.24, 2.45) is 0 Å². The summed E-state index contributed by atoms with van der Waals surface area (Å²) >= 11 is 0. The highest BCUT2D eigenvalue weighted by molar-refractivity contribution is 5.87. The van der Waals surface area contributed by atoms with E-state index < -0.39 is 0 Å². The van der Waals surface area contributed by atoms with Gasteiger partial charge in [-0.15, -0.1) is 0 Å². The molecule has 1 amide bonds. The van der Waals surface area contributed by atoms with Gasteiger partial charge in [0.1, 0.15) is 6.54 Å².